The van der Waals surface area contributed by atoms with E-state index >= 15 is 0 Å². The highest BCUT2D eigenvalue weighted by Crippen LogP contribution is 2.17. The molecule has 0 aromatic carbocycles. The quantitative estimate of drug-likeness (QED) is 0.274. The lowest BCUT2D eigenvalue weighted by molar-refractivity contribution is -0.153. The number of nitrogens with zero attached hydrogens (tertiary/aromatic N) is 2. The summed E-state index contributed by atoms with van der Waals surface area (Å²) < 4.78 is 0. The Labute approximate surface area is 159 Å². The molecule has 0 spiro atoms. The predicted octanol–water partition coefficient (Wildman–Crippen LogP) is -1.70. The normalized spacial score (nSPS) is 23.9. The highest BCUT2D eigenvalue weighted by Gasteiger charge is 2.41. The summed E-state index contributed by atoms with van der Waals surface area (Å²) in [6, 6.07) is -2.73. The van der Waals surface area contributed by atoms with Crippen molar-refractivity contribution in [2.75, 3.05) is 31.8 Å². The van der Waals surface area contributed by atoms with Gasteiger partial charge in [0.2, 0.25) is 11.8 Å². The Balaban J connectivity index is 1.95. The van der Waals surface area contributed by atoms with Gasteiger partial charge in [-0.25, -0.2) is 4.79 Å². The lowest BCUT2D eigenvalue weighted by Crippen LogP contribution is -2.69. The van der Waals surface area contributed by atoms with Crippen LogP contribution < -0.4 is 16.0 Å². The van der Waals surface area contributed by atoms with Crippen LogP contribution in [0.4, 0.5) is 4.79 Å². The second-order valence-corrected chi connectivity index (χ2v) is 6.94. The number of hydrogen-bond donors (Lipinski definition) is 3. The van der Waals surface area contributed by atoms with Gasteiger partial charge in [0.05, 0.1) is 5.88 Å². The number of alkyl halides is 1. The van der Waals surface area contributed by atoms with Crippen molar-refractivity contribution in [3.63, 3.8) is 0 Å². The molecule has 0 bridgehead atoms. The van der Waals surface area contributed by atoms with Gasteiger partial charge < -0.3 is 20.9 Å². The fourth-order valence-electron chi connectivity index (χ4n) is 2.52. The topological polar surface area (TPSA) is 128 Å². The fourth-order valence-corrected chi connectivity index (χ4v) is 3.43. The van der Waals surface area contributed by atoms with Crippen molar-refractivity contribution in [2.24, 2.45) is 0 Å². The smallest absolute Gasteiger partial charge is 0.325 e. The van der Waals surface area contributed by atoms with E-state index in [2.05, 4.69) is 16.0 Å². The minimum Gasteiger partial charge on any atom is -0.340 e. The molecule has 6 amide bonds. The van der Waals surface area contributed by atoms with Crippen LogP contribution in [0, 0.1) is 0 Å². The van der Waals surface area contributed by atoms with Crippen molar-refractivity contribution in [2.45, 2.75) is 24.4 Å². The summed E-state index contributed by atoms with van der Waals surface area (Å²) in [5.74, 6) is -2.95. The molecule has 2 heterocycles. The van der Waals surface area contributed by atoms with Gasteiger partial charge >= 0.3 is 17.8 Å². The van der Waals surface area contributed by atoms with Crippen molar-refractivity contribution in [1.29, 1.82) is 0 Å². The van der Waals surface area contributed by atoms with Crippen LogP contribution in [0.15, 0.2) is 0 Å². The van der Waals surface area contributed by atoms with Crippen molar-refractivity contribution in [1.82, 2.24) is 25.8 Å². The first kappa shape index (κ1) is 20.3. The third-order valence-corrected chi connectivity index (χ3v) is 5.33. The molecule has 2 aliphatic rings. The lowest BCUT2D eigenvalue weighted by Gasteiger charge is -2.36. The Morgan fingerprint density at radius 3 is 2.54 bits per heavy atom. The Bertz CT molecular complexity index is 633. The van der Waals surface area contributed by atoms with Crippen molar-refractivity contribution in [3.8, 4) is 0 Å². The van der Waals surface area contributed by atoms with E-state index in [9.17, 15) is 24.0 Å². The van der Waals surface area contributed by atoms with Crippen LogP contribution >= 0.6 is 23.4 Å². The van der Waals surface area contributed by atoms with Crippen LogP contribution in [0.3, 0.4) is 0 Å². The molecular formula is C14H20ClN5O5S. The summed E-state index contributed by atoms with van der Waals surface area (Å²) >= 11 is 7.11. The largest absolute Gasteiger partial charge is 0.340 e. The van der Waals surface area contributed by atoms with E-state index in [1.165, 1.54) is 16.7 Å². The van der Waals surface area contributed by atoms with Crippen molar-refractivity contribution >= 4 is 53.0 Å². The van der Waals surface area contributed by atoms with Gasteiger partial charge in [-0.05, 0) is 13.2 Å². The number of β-lactam (4-membered cyclic amide) rings is 1. The van der Waals surface area contributed by atoms with Crippen molar-refractivity contribution in [3.05, 3.63) is 0 Å². The Morgan fingerprint density at radius 2 is 2.00 bits per heavy atom. The molecule has 26 heavy (non-hydrogen) atoms. The first-order valence-corrected chi connectivity index (χ1v) is 9.77. The summed E-state index contributed by atoms with van der Waals surface area (Å²) in [5.41, 5.74) is 0. The molecule has 2 aliphatic heterocycles. The van der Waals surface area contributed by atoms with Crippen molar-refractivity contribution < 1.29 is 24.0 Å². The molecule has 2 saturated heterocycles. The maximum Gasteiger partial charge on any atom is 0.325 e. The standard InChI is InChI=1S/C14H20ClN5O5S/c1-3-19-4-5-20(13(24)12(19)23)14(25)16-7(6-15)9(21)17-8-10(22)18-11(8)26-2/h7-8,11H,3-6H2,1-2H3,(H,16,25)(H,17,21)(H,18,22)/t7-,8-,11-/m1/s1. The lowest BCUT2D eigenvalue weighted by atomic mass is 10.1. The molecule has 12 heteroatoms. The third-order valence-electron chi connectivity index (χ3n) is 4.13. The summed E-state index contributed by atoms with van der Waals surface area (Å²) in [6.45, 7) is 2.35. The average Bonchev–Trinajstić information content (AvgIpc) is 2.63. The average molecular weight is 406 g/mol. The van der Waals surface area contributed by atoms with Gasteiger partial charge in [-0.2, -0.15) is 0 Å². The number of carbonyl (C=O) groups excluding carboxylic acids is 5. The highest BCUT2D eigenvalue weighted by molar-refractivity contribution is 7.99. The van der Waals surface area contributed by atoms with E-state index in [0.29, 0.717) is 6.54 Å². The zero-order valence-electron chi connectivity index (χ0n) is 14.3. The summed E-state index contributed by atoms with van der Waals surface area (Å²) in [4.78, 5) is 62.0. The van der Waals surface area contributed by atoms with Gasteiger partial charge in [0.25, 0.3) is 0 Å². The van der Waals surface area contributed by atoms with E-state index in [1.54, 1.807) is 13.2 Å². The van der Waals surface area contributed by atoms with Crippen LogP contribution in [0.1, 0.15) is 6.92 Å². The van der Waals surface area contributed by atoms with Crippen LogP contribution in [0.2, 0.25) is 0 Å². The number of carbonyl (C=O) groups is 5. The number of thioether (sulfide) groups is 1. The van der Waals surface area contributed by atoms with E-state index < -0.39 is 35.8 Å². The SMILES string of the molecule is CCN1CCN(C(=O)N[C@H](CCl)C(=O)N[C@@H]2C(=O)N[C@@H]2SC)C(=O)C1=O. The second-order valence-electron chi connectivity index (χ2n) is 5.65. The van der Waals surface area contributed by atoms with Crippen LogP contribution in [-0.4, -0.2) is 88.7 Å². The van der Waals surface area contributed by atoms with Crippen LogP contribution in [0.25, 0.3) is 0 Å². The van der Waals surface area contributed by atoms with Crippen LogP contribution in [-0.2, 0) is 19.2 Å². The molecule has 0 aromatic heterocycles. The van der Waals surface area contributed by atoms with Gasteiger partial charge in [0.15, 0.2) is 0 Å². The number of imide groups is 1. The molecule has 0 radical (unpaired) electrons. The molecule has 0 aromatic rings. The molecule has 3 N–H and O–H groups in total. The van der Waals surface area contributed by atoms with Gasteiger partial charge in [-0.3, -0.25) is 24.1 Å². The zero-order valence-corrected chi connectivity index (χ0v) is 15.9. The number of nitrogens with one attached hydrogen (secondary N) is 3. The second kappa shape index (κ2) is 8.58. The van der Waals surface area contributed by atoms with E-state index in [-0.39, 0.29) is 30.3 Å². The van der Waals surface area contributed by atoms with Gasteiger partial charge in [0.1, 0.15) is 17.5 Å². The molecule has 144 valence electrons. The number of amides is 6. The first-order chi connectivity index (χ1) is 12.3. The number of halogens is 1. The highest BCUT2D eigenvalue weighted by atomic mass is 35.5. The number of rotatable bonds is 6. The van der Waals surface area contributed by atoms with E-state index in [4.69, 9.17) is 11.6 Å². The molecule has 3 atom stereocenters. The minimum absolute atomic E-state index is 0.0282. The molecule has 10 nitrogen and oxygen atoms in total. The Hall–Kier alpha value is -2.01. The molecule has 2 rings (SSSR count). The number of likely N-dealkylation sites (N-methyl/N-ethyl adjacent to an activating group) is 1. The monoisotopic (exact) mass is 405 g/mol. The molecule has 2 fully saturated rings. The number of urea groups is 1. The van der Waals surface area contributed by atoms with Gasteiger partial charge in [-0.15, -0.1) is 23.4 Å². The first-order valence-electron chi connectivity index (χ1n) is 7.94. The molecular weight excluding hydrogens is 386 g/mol. The van der Waals surface area contributed by atoms with E-state index in [1.807, 2.05) is 0 Å². The van der Waals surface area contributed by atoms with E-state index in [0.717, 1.165) is 4.90 Å². The molecule has 0 aliphatic carbocycles. The summed E-state index contributed by atoms with van der Waals surface area (Å²) in [5, 5.41) is 7.21. The summed E-state index contributed by atoms with van der Waals surface area (Å²) in [6.07, 6.45) is 1.78. The maximum atomic E-state index is 12.3. The van der Waals surface area contributed by atoms with Gasteiger partial charge in [-0.1, -0.05) is 0 Å². The maximum absolute atomic E-state index is 12.3. The predicted molar refractivity (Wildman–Crippen MR) is 94.4 cm³/mol. The molecule has 0 unspecified atom stereocenters. The Kier molecular flexibility index (Phi) is 6.70. The Morgan fingerprint density at radius 1 is 1.31 bits per heavy atom. The molecule has 0 saturated carbocycles. The number of piperazine rings is 1. The van der Waals surface area contributed by atoms with Gasteiger partial charge in [0, 0.05) is 19.6 Å². The zero-order chi connectivity index (χ0) is 19.4. The summed E-state index contributed by atoms with van der Waals surface area (Å²) in [7, 11) is 0. The third kappa shape index (κ3) is 4.04. The minimum atomic E-state index is -1.15. The fraction of sp³-hybridized carbons (Fsp3) is 0.643. The number of hydrogen-bond acceptors (Lipinski definition) is 6. The van der Waals surface area contributed by atoms with Crippen LogP contribution in [0.5, 0.6) is 0 Å².